The van der Waals surface area contributed by atoms with E-state index in [1.807, 2.05) is 0 Å². The first-order valence-electron chi connectivity index (χ1n) is 12.6. The number of para-hydroxylation sites is 1. The van der Waals surface area contributed by atoms with Crippen LogP contribution in [0.15, 0.2) is 48.5 Å². The third-order valence-electron chi connectivity index (χ3n) is 8.76. The van der Waals surface area contributed by atoms with Crippen LogP contribution in [0.4, 0.5) is 0 Å². The van der Waals surface area contributed by atoms with Crippen LogP contribution in [-0.4, -0.2) is 63.8 Å². The Morgan fingerprint density at radius 1 is 1.06 bits per heavy atom. The molecule has 3 saturated carbocycles. The van der Waals surface area contributed by atoms with Gasteiger partial charge in [0.2, 0.25) is 0 Å². The first-order valence-corrected chi connectivity index (χ1v) is 12.6. The van der Waals surface area contributed by atoms with Gasteiger partial charge in [-0.1, -0.05) is 30.3 Å². The molecule has 5 aliphatic rings. The lowest BCUT2D eigenvalue weighted by Crippen LogP contribution is -2.71. The summed E-state index contributed by atoms with van der Waals surface area (Å²) in [6.07, 6.45) is 5.47. The molecule has 2 atom stereocenters. The molecule has 8 rings (SSSR count). The molecule has 2 bridgehead atoms. The van der Waals surface area contributed by atoms with Crippen molar-refractivity contribution in [3.63, 3.8) is 0 Å². The number of H-pyrrole nitrogens is 1. The third kappa shape index (κ3) is 3.02. The van der Waals surface area contributed by atoms with Crippen LogP contribution in [0.3, 0.4) is 0 Å². The van der Waals surface area contributed by atoms with E-state index in [4.69, 9.17) is 9.84 Å². The summed E-state index contributed by atoms with van der Waals surface area (Å²) in [5.74, 6) is 1.91. The first kappa shape index (κ1) is 20.1. The van der Waals surface area contributed by atoms with Crippen molar-refractivity contribution in [3.8, 4) is 5.75 Å². The molecule has 33 heavy (non-hydrogen) atoms. The number of aliphatic hydroxyl groups is 1. The lowest BCUT2D eigenvalue weighted by molar-refractivity contribution is -0.174. The fourth-order valence-electron chi connectivity index (χ4n) is 7.12. The van der Waals surface area contributed by atoms with Gasteiger partial charge in [-0.2, -0.15) is 0 Å². The molecule has 172 valence electrons. The van der Waals surface area contributed by atoms with Crippen LogP contribution in [0.1, 0.15) is 49.0 Å². The molecular formula is C28H33N3O2. The molecule has 3 heterocycles. The molecule has 2 aliphatic heterocycles. The van der Waals surface area contributed by atoms with Gasteiger partial charge in [-0.15, -0.1) is 0 Å². The Morgan fingerprint density at radius 3 is 2.52 bits per heavy atom. The summed E-state index contributed by atoms with van der Waals surface area (Å²) >= 11 is 0. The molecule has 0 spiro atoms. The molecule has 2 aromatic carbocycles. The highest BCUT2D eigenvalue weighted by molar-refractivity contribution is 5.85. The number of β-amino-alcohol motifs (C(OH)–C–C–N with tert-alkyl or cyclic N) is 1. The molecule has 5 heteroatoms. The summed E-state index contributed by atoms with van der Waals surface area (Å²) in [7, 11) is 0. The van der Waals surface area contributed by atoms with Gasteiger partial charge in [0.05, 0.1) is 12.6 Å². The zero-order chi connectivity index (χ0) is 22.2. The van der Waals surface area contributed by atoms with Crippen molar-refractivity contribution in [2.45, 2.75) is 56.3 Å². The maximum Gasteiger partial charge on any atom is 0.124 e. The van der Waals surface area contributed by atoms with Gasteiger partial charge >= 0.3 is 0 Å². The average molecular weight is 444 g/mol. The largest absolute Gasteiger partial charge is 0.488 e. The number of nitrogens with one attached hydrogen (secondary N) is 1. The number of nitrogens with zero attached hydrogens (tertiary/aromatic N) is 2. The molecule has 3 aliphatic carbocycles. The van der Waals surface area contributed by atoms with Crippen molar-refractivity contribution in [3.05, 3.63) is 65.4 Å². The van der Waals surface area contributed by atoms with Gasteiger partial charge in [0, 0.05) is 47.8 Å². The van der Waals surface area contributed by atoms with Gasteiger partial charge < -0.3 is 14.8 Å². The summed E-state index contributed by atoms with van der Waals surface area (Å²) in [4.78, 5) is 8.92. The predicted octanol–water partition coefficient (Wildman–Crippen LogP) is 4.11. The number of ether oxygens (including phenoxy) is 1. The number of aliphatic hydroxyl groups excluding tert-OH is 1. The van der Waals surface area contributed by atoms with E-state index in [1.54, 1.807) is 0 Å². The van der Waals surface area contributed by atoms with Crippen molar-refractivity contribution < 1.29 is 9.84 Å². The van der Waals surface area contributed by atoms with Gasteiger partial charge in [0.1, 0.15) is 11.9 Å². The number of rotatable bonds is 6. The van der Waals surface area contributed by atoms with E-state index < -0.39 is 0 Å². The number of fused-ring (bicyclic) bond motifs is 3. The predicted molar refractivity (Wildman–Crippen MR) is 130 cm³/mol. The Labute approximate surface area is 195 Å². The van der Waals surface area contributed by atoms with Gasteiger partial charge in [-0.3, -0.25) is 9.80 Å². The van der Waals surface area contributed by atoms with E-state index in [-0.39, 0.29) is 18.8 Å². The van der Waals surface area contributed by atoms with Crippen molar-refractivity contribution >= 4 is 10.9 Å². The summed E-state index contributed by atoms with van der Waals surface area (Å²) < 4.78 is 6.20. The Morgan fingerprint density at radius 2 is 1.82 bits per heavy atom. The highest BCUT2D eigenvalue weighted by Gasteiger charge is 2.63. The topological polar surface area (TPSA) is 51.7 Å². The molecular weight excluding hydrogens is 410 g/mol. The van der Waals surface area contributed by atoms with Crippen LogP contribution in [0, 0.1) is 5.92 Å². The molecule has 0 radical (unpaired) electrons. The Bertz CT molecular complexity index is 1160. The summed E-state index contributed by atoms with van der Waals surface area (Å²) in [6, 6.07) is 18.5. The second kappa shape index (κ2) is 7.33. The van der Waals surface area contributed by atoms with Gasteiger partial charge in [-0.25, -0.2) is 0 Å². The minimum absolute atomic E-state index is 0.218. The third-order valence-corrected chi connectivity index (χ3v) is 8.76. The average Bonchev–Trinajstić information content (AvgIpc) is 3.09. The standard InChI is InChI=1S/C28H33N3O2/c1-18-12-24-23-4-2-3-5-25(23)29-26(24)27(31(18)28-13-19(14-28)15-28)20-6-8-21(9-7-20)33-22-16-30(17-22)10-11-32/h2-9,18-19,22,27,29,32H,10-17H2,1H3/t18-,19?,27-,28?/m1/s1. The first-order chi connectivity index (χ1) is 16.1. The molecule has 0 unspecified atom stereocenters. The number of hydrogen-bond donors (Lipinski definition) is 2. The minimum Gasteiger partial charge on any atom is -0.488 e. The Balaban J connectivity index is 1.22. The number of aromatic amines is 1. The number of aromatic nitrogens is 1. The smallest absolute Gasteiger partial charge is 0.124 e. The maximum absolute atomic E-state index is 9.08. The second-order valence-electron chi connectivity index (χ2n) is 10.9. The Kier molecular flexibility index (Phi) is 4.46. The second-order valence-corrected chi connectivity index (χ2v) is 10.9. The highest BCUT2D eigenvalue weighted by atomic mass is 16.5. The van der Waals surface area contributed by atoms with E-state index in [0.717, 1.165) is 37.7 Å². The molecule has 1 aromatic heterocycles. The molecule has 4 fully saturated rings. The van der Waals surface area contributed by atoms with E-state index in [9.17, 15) is 0 Å². The van der Waals surface area contributed by atoms with Gasteiger partial charge in [0.15, 0.2) is 0 Å². The van der Waals surface area contributed by atoms with Crippen LogP contribution in [0.5, 0.6) is 5.75 Å². The van der Waals surface area contributed by atoms with Gasteiger partial charge in [-0.05, 0) is 67.9 Å². The highest BCUT2D eigenvalue weighted by Crippen LogP contribution is 2.64. The van der Waals surface area contributed by atoms with Crippen molar-refractivity contribution in [1.29, 1.82) is 0 Å². The maximum atomic E-state index is 9.08. The van der Waals surface area contributed by atoms with Crippen LogP contribution >= 0.6 is 0 Å². The molecule has 0 amide bonds. The zero-order valence-corrected chi connectivity index (χ0v) is 19.3. The van der Waals surface area contributed by atoms with E-state index >= 15 is 0 Å². The number of benzene rings is 2. The van der Waals surface area contributed by atoms with Crippen LogP contribution in [-0.2, 0) is 6.42 Å². The summed E-state index contributed by atoms with van der Waals surface area (Å²) in [5.41, 5.74) is 5.93. The SMILES string of the molecule is C[C@@H]1Cc2c([nH]c3ccccc23)[C@@H](c2ccc(OC3CN(CCO)C3)cc2)N1C12CC(C1)C2. The monoisotopic (exact) mass is 443 g/mol. The Hall–Kier alpha value is -2.34. The van der Waals surface area contributed by atoms with Crippen molar-refractivity contribution in [1.82, 2.24) is 14.8 Å². The van der Waals surface area contributed by atoms with Crippen molar-refractivity contribution in [2.75, 3.05) is 26.2 Å². The normalized spacial score (nSPS) is 31.5. The summed E-state index contributed by atoms with van der Waals surface area (Å²) in [5, 5.41) is 10.5. The number of hydrogen-bond acceptors (Lipinski definition) is 4. The van der Waals surface area contributed by atoms with Gasteiger partial charge in [0.25, 0.3) is 0 Å². The fraction of sp³-hybridized carbons (Fsp3) is 0.500. The zero-order valence-electron chi connectivity index (χ0n) is 19.3. The lowest BCUT2D eigenvalue weighted by Gasteiger charge is -2.70. The van der Waals surface area contributed by atoms with Crippen molar-refractivity contribution in [2.24, 2.45) is 5.92 Å². The molecule has 3 aromatic rings. The quantitative estimate of drug-likeness (QED) is 0.602. The van der Waals surface area contributed by atoms with E-state index in [0.29, 0.717) is 11.6 Å². The van der Waals surface area contributed by atoms with Crippen LogP contribution < -0.4 is 4.74 Å². The minimum atomic E-state index is 0.218. The van der Waals surface area contributed by atoms with E-state index in [1.165, 1.54) is 47.0 Å². The molecule has 2 N–H and O–H groups in total. The van der Waals surface area contributed by atoms with Crippen LogP contribution in [0.25, 0.3) is 10.9 Å². The summed E-state index contributed by atoms with van der Waals surface area (Å²) in [6.45, 7) is 5.20. The van der Waals surface area contributed by atoms with E-state index in [2.05, 4.69) is 70.2 Å². The molecule has 1 saturated heterocycles. The lowest BCUT2D eigenvalue weighted by atomic mass is 9.48. The fourth-order valence-corrected chi connectivity index (χ4v) is 7.12. The molecule has 5 nitrogen and oxygen atoms in total. The van der Waals surface area contributed by atoms with Crippen LogP contribution in [0.2, 0.25) is 0 Å². The number of likely N-dealkylation sites (tertiary alicyclic amines) is 1.